The molecular formula is C16H27N3O2. The van der Waals surface area contributed by atoms with Crippen LogP contribution >= 0.6 is 0 Å². The SMILES string of the molecule is CC(C)(C)C(=N)CC(=O)NC(=O)C1CCN1C1CCCC1. The highest BCUT2D eigenvalue weighted by atomic mass is 16.2. The zero-order valence-electron chi connectivity index (χ0n) is 13.4. The summed E-state index contributed by atoms with van der Waals surface area (Å²) in [5.41, 5.74) is 0.0290. The lowest BCUT2D eigenvalue weighted by molar-refractivity contribution is -0.137. The van der Waals surface area contributed by atoms with E-state index in [0.717, 1.165) is 13.0 Å². The van der Waals surface area contributed by atoms with Crippen molar-refractivity contribution in [3.05, 3.63) is 0 Å². The number of carbonyl (C=O) groups excluding carboxylic acids is 2. The van der Waals surface area contributed by atoms with Gasteiger partial charge in [0.15, 0.2) is 0 Å². The summed E-state index contributed by atoms with van der Waals surface area (Å²) in [4.78, 5) is 26.3. The van der Waals surface area contributed by atoms with Crippen LogP contribution in [0.4, 0.5) is 0 Å². The Hall–Kier alpha value is -1.23. The predicted octanol–water partition coefficient (Wildman–Crippen LogP) is 2.10. The first-order chi connectivity index (χ1) is 9.79. The Morgan fingerprint density at radius 3 is 2.29 bits per heavy atom. The summed E-state index contributed by atoms with van der Waals surface area (Å²) >= 11 is 0. The number of likely N-dealkylation sites (tertiary alicyclic amines) is 1. The Bertz CT molecular complexity index is 433. The fraction of sp³-hybridized carbons (Fsp3) is 0.812. The van der Waals surface area contributed by atoms with E-state index in [1.807, 2.05) is 20.8 Å². The molecule has 2 amide bonds. The average Bonchev–Trinajstić information content (AvgIpc) is 2.78. The molecule has 1 unspecified atom stereocenters. The third-order valence-corrected chi connectivity index (χ3v) is 4.66. The van der Waals surface area contributed by atoms with Gasteiger partial charge in [-0.3, -0.25) is 19.8 Å². The number of amides is 2. The van der Waals surface area contributed by atoms with Crippen molar-refractivity contribution in [2.75, 3.05) is 6.54 Å². The van der Waals surface area contributed by atoms with Gasteiger partial charge in [-0.15, -0.1) is 0 Å². The van der Waals surface area contributed by atoms with Gasteiger partial charge in [-0.05, 0) is 19.3 Å². The minimum absolute atomic E-state index is 0.00535. The van der Waals surface area contributed by atoms with Gasteiger partial charge in [0.1, 0.15) is 0 Å². The molecule has 0 bridgehead atoms. The minimum atomic E-state index is -0.349. The highest BCUT2D eigenvalue weighted by Crippen LogP contribution is 2.30. The van der Waals surface area contributed by atoms with Gasteiger partial charge in [0.05, 0.1) is 12.5 Å². The first kappa shape index (κ1) is 16.1. The Morgan fingerprint density at radius 1 is 1.19 bits per heavy atom. The van der Waals surface area contributed by atoms with Gasteiger partial charge in [-0.2, -0.15) is 0 Å². The number of nitrogens with zero attached hydrogens (tertiary/aromatic N) is 1. The summed E-state index contributed by atoms with van der Waals surface area (Å²) in [6, 6.07) is 0.387. The summed E-state index contributed by atoms with van der Waals surface area (Å²) < 4.78 is 0. The molecule has 118 valence electrons. The van der Waals surface area contributed by atoms with Crippen LogP contribution in [-0.4, -0.2) is 41.1 Å². The number of imide groups is 1. The molecular weight excluding hydrogens is 266 g/mol. The van der Waals surface area contributed by atoms with Crippen LogP contribution in [0.5, 0.6) is 0 Å². The average molecular weight is 293 g/mol. The topological polar surface area (TPSA) is 73.3 Å². The molecule has 1 saturated carbocycles. The van der Waals surface area contributed by atoms with Gasteiger partial charge in [0.2, 0.25) is 11.8 Å². The second-order valence-corrected chi connectivity index (χ2v) is 7.30. The Kier molecular flexibility index (Phi) is 4.81. The lowest BCUT2D eigenvalue weighted by atomic mass is 9.88. The summed E-state index contributed by atoms with van der Waals surface area (Å²) in [5, 5.41) is 10.4. The molecule has 5 nitrogen and oxygen atoms in total. The summed E-state index contributed by atoms with van der Waals surface area (Å²) in [6.45, 7) is 6.67. The highest BCUT2D eigenvalue weighted by molar-refractivity contribution is 6.07. The Balaban J connectivity index is 1.81. The van der Waals surface area contributed by atoms with Gasteiger partial charge in [0.25, 0.3) is 0 Å². The molecule has 1 saturated heterocycles. The molecule has 1 heterocycles. The van der Waals surface area contributed by atoms with Gasteiger partial charge in [-0.1, -0.05) is 33.6 Å². The van der Waals surface area contributed by atoms with Crippen LogP contribution in [0.1, 0.15) is 59.3 Å². The summed E-state index contributed by atoms with van der Waals surface area (Å²) in [5.74, 6) is -0.530. The zero-order valence-corrected chi connectivity index (χ0v) is 13.4. The first-order valence-electron chi connectivity index (χ1n) is 7.96. The van der Waals surface area contributed by atoms with Crippen molar-refractivity contribution in [3.63, 3.8) is 0 Å². The largest absolute Gasteiger partial charge is 0.309 e. The quantitative estimate of drug-likeness (QED) is 0.780. The van der Waals surface area contributed by atoms with Crippen LogP contribution in [0.3, 0.4) is 0 Å². The number of carbonyl (C=O) groups is 2. The van der Waals surface area contributed by atoms with Crippen molar-refractivity contribution in [2.45, 2.75) is 71.4 Å². The lowest BCUT2D eigenvalue weighted by Crippen LogP contribution is -2.60. The highest BCUT2D eigenvalue weighted by Gasteiger charge is 2.39. The third-order valence-electron chi connectivity index (χ3n) is 4.66. The van der Waals surface area contributed by atoms with Crippen molar-refractivity contribution >= 4 is 17.5 Å². The number of nitrogens with one attached hydrogen (secondary N) is 2. The maximum absolute atomic E-state index is 12.2. The first-order valence-corrected chi connectivity index (χ1v) is 7.96. The van der Waals surface area contributed by atoms with E-state index in [9.17, 15) is 9.59 Å². The van der Waals surface area contributed by atoms with Gasteiger partial charge in [0, 0.05) is 23.7 Å². The summed E-state index contributed by atoms with van der Waals surface area (Å²) in [7, 11) is 0. The van der Waals surface area contributed by atoms with Gasteiger partial charge >= 0.3 is 0 Å². The van der Waals surface area contributed by atoms with Crippen molar-refractivity contribution in [2.24, 2.45) is 5.41 Å². The maximum atomic E-state index is 12.2. The molecule has 1 aliphatic heterocycles. The molecule has 2 aliphatic rings. The minimum Gasteiger partial charge on any atom is -0.309 e. The van der Waals surface area contributed by atoms with Crippen LogP contribution < -0.4 is 5.32 Å². The Morgan fingerprint density at radius 2 is 1.81 bits per heavy atom. The molecule has 0 spiro atoms. The molecule has 2 rings (SSSR count). The van der Waals surface area contributed by atoms with E-state index in [0.29, 0.717) is 11.8 Å². The van der Waals surface area contributed by atoms with E-state index in [2.05, 4.69) is 10.2 Å². The standard InChI is InChI=1S/C16H27N3O2/c1-16(2,3)13(17)10-14(20)18-15(21)12-8-9-19(12)11-6-4-5-7-11/h11-12,17H,4-10H2,1-3H3,(H,18,20,21). The maximum Gasteiger partial charge on any atom is 0.243 e. The molecule has 0 aromatic carbocycles. The second-order valence-electron chi connectivity index (χ2n) is 7.30. The van der Waals surface area contributed by atoms with Crippen LogP contribution in [0.15, 0.2) is 0 Å². The molecule has 1 atom stereocenters. The normalized spacial score (nSPS) is 23.7. The van der Waals surface area contributed by atoms with E-state index < -0.39 is 0 Å². The molecule has 1 aliphatic carbocycles. The molecule has 2 fully saturated rings. The zero-order chi connectivity index (χ0) is 15.6. The second kappa shape index (κ2) is 6.26. The van der Waals surface area contributed by atoms with E-state index in [-0.39, 0.29) is 29.7 Å². The molecule has 0 aromatic heterocycles. The monoisotopic (exact) mass is 293 g/mol. The van der Waals surface area contributed by atoms with Gasteiger partial charge in [-0.25, -0.2) is 0 Å². The van der Waals surface area contributed by atoms with Crippen molar-refractivity contribution < 1.29 is 9.59 Å². The van der Waals surface area contributed by atoms with Crippen LogP contribution in [0.2, 0.25) is 0 Å². The fourth-order valence-electron chi connectivity index (χ4n) is 3.05. The molecule has 2 N–H and O–H groups in total. The number of hydrogen-bond acceptors (Lipinski definition) is 4. The molecule has 0 aromatic rings. The third kappa shape index (κ3) is 3.90. The summed E-state index contributed by atoms with van der Waals surface area (Å²) in [6.07, 6.45) is 5.69. The van der Waals surface area contributed by atoms with E-state index in [1.54, 1.807) is 0 Å². The smallest absolute Gasteiger partial charge is 0.243 e. The van der Waals surface area contributed by atoms with Crippen molar-refractivity contribution in [1.82, 2.24) is 10.2 Å². The molecule has 21 heavy (non-hydrogen) atoms. The van der Waals surface area contributed by atoms with E-state index in [1.165, 1.54) is 25.7 Å². The lowest BCUT2D eigenvalue weighted by Gasteiger charge is -2.43. The van der Waals surface area contributed by atoms with Gasteiger partial charge < -0.3 is 5.41 Å². The fourth-order valence-corrected chi connectivity index (χ4v) is 3.05. The van der Waals surface area contributed by atoms with Crippen LogP contribution in [0, 0.1) is 10.8 Å². The number of hydrogen-bond donors (Lipinski definition) is 2. The van der Waals surface area contributed by atoms with Crippen molar-refractivity contribution in [1.29, 1.82) is 5.41 Å². The Labute approximate surface area is 127 Å². The van der Waals surface area contributed by atoms with E-state index in [4.69, 9.17) is 5.41 Å². The predicted molar refractivity (Wildman–Crippen MR) is 82.3 cm³/mol. The van der Waals surface area contributed by atoms with Crippen LogP contribution in [-0.2, 0) is 9.59 Å². The number of rotatable bonds is 4. The molecule has 5 heteroatoms. The molecule has 0 radical (unpaired) electrons. The van der Waals surface area contributed by atoms with Crippen molar-refractivity contribution in [3.8, 4) is 0 Å². The van der Waals surface area contributed by atoms with E-state index >= 15 is 0 Å². The van der Waals surface area contributed by atoms with Crippen LogP contribution in [0.25, 0.3) is 0 Å².